The van der Waals surface area contributed by atoms with Crippen molar-refractivity contribution in [2.45, 2.75) is 13.8 Å². The van der Waals surface area contributed by atoms with Crippen LogP contribution in [-0.2, 0) is 0 Å². The summed E-state index contributed by atoms with van der Waals surface area (Å²) in [7, 11) is 0. The Morgan fingerprint density at radius 1 is 1.20 bits per heavy atom. The van der Waals surface area contributed by atoms with E-state index in [9.17, 15) is 4.79 Å². The summed E-state index contributed by atoms with van der Waals surface area (Å²) in [6.45, 7) is 4.00. The average molecular weight is 335 g/mol. The van der Waals surface area contributed by atoms with Crippen LogP contribution in [0.4, 0.5) is 17.1 Å². The Morgan fingerprint density at radius 3 is 2.30 bits per heavy atom. The Morgan fingerprint density at radius 2 is 1.80 bits per heavy atom. The second-order valence-electron chi connectivity index (χ2n) is 4.65. The quantitative estimate of drug-likeness (QED) is 0.739. The van der Waals surface area contributed by atoms with Gasteiger partial charge in [0.2, 0.25) is 0 Å². The van der Waals surface area contributed by atoms with Gasteiger partial charge in [-0.25, -0.2) is 4.79 Å². The molecule has 2 rings (SSSR count). The van der Waals surface area contributed by atoms with Crippen molar-refractivity contribution >= 4 is 39.0 Å². The Bertz CT molecular complexity index is 661. The standard InChI is InChI=1S/C15H15BrN2O2/c1-8-5-11(16)6-9(2)14(8)18-13-4-3-10(15(19)20)7-12(13)17/h3-7,18H,17H2,1-2H3,(H,19,20). The SMILES string of the molecule is Cc1cc(Br)cc(C)c1Nc1ccc(C(=O)O)cc1N. The van der Waals surface area contributed by atoms with Crippen molar-refractivity contribution < 1.29 is 9.90 Å². The summed E-state index contributed by atoms with van der Waals surface area (Å²) in [5.74, 6) is -0.987. The van der Waals surface area contributed by atoms with E-state index in [1.165, 1.54) is 12.1 Å². The molecule has 20 heavy (non-hydrogen) atoms. The molecule has 2 aromatic carbocycles. The third-order valence-electron chi connectivity index (χ3n) is 3.06. The molecule has 2 aromatic rings. The van der Waals surface area contributed by atoms with Crippen molar-refractivity contribution in [3.63, 3.8) is 0 Å². The summed E-state index contributed by atoms with van der Waals surface area (Å²) in [5, 5.41) is 12.2. The molecular formula is C15H15BrN2O2. The van der Waals surface area contributed by atoms with Gasteiger partial charge in [0.05, 0.1) is 16.9 Å². The van der Waals surface area contributed by atoms with E-state index in [-0.39, 0.29) is 5.56 Å². The highest BCUT2D eigenvalue weighted by molar-refractivity contribution is 9.10. The van der Waals surface area contributed by atoms with Gasteiger partial charge in [-0.1, -0.05) is 15.9 Å². The van der Waals surface area contributed by atoms with Gasteiger partial charge in [0.1, 0.15) is 0 Å². The molecular weight excluding hydrogens is 320 g/mol. The first kappa shape index (κ1) is 14.4. The summed E-state index contributed by atoms with van der Waals surface area (Å²) in [4.78, 5) is 10.9. The fourth-order valence-corrected chi connectivity index (χ4v) is 2.74. The van der Waals surface area contributed by atoms with Crippen molar-refractivity contribution in [2.24, 2.45) is 0 Å². The lowest BCUT2D eigenvalue weighted by Crippen LogP contribution is -2.03. The van der Waals surface area contributed by atoms with Gasteiger partial charge in [-0.3, -0.25) is 0 Å². The molecule has 0 spiro atoms. The maximum atomic E-state index is 10.9. The van der Waals surface area contributed by atoms with Gasteiger partial charge in [-0.15, -0.1) is 0 Å². The summed E-state index contributed by atoms with van der Waals surface area (Å²) < 4.78 is 1.02. The Balaban J connectivity index is 2.38. The fraction of sp³-hybridized carbons (Fsp3) is 0.133. The molecule has 0 aromatic heterocycles. The van der Waals surface area contributed by atoms with E-state index < -0.39 is 5.97 Å². The van der Waals surface area contributed by atoms with Crippen LogP contribution in [0.1, 0.15) is 21.5 Å². The third-order valence-corrected chi connectivity index (χ3v) is 3.51. The second kappa shape index (κ2) is 5.54. The van der Waals surface area contributed by atoms with E-state index >= 15 is 0 Å². The number of carboxylic acids is 1. The van der Waals surface area contributed by atoms with Gasteiger partial charge in [-0.05, 0) is 55.3 Å². The normalized spacial score (nSPS) is 10.3. The van der Waals surface area contributed by atoms with Crippen molar-refractivity contribution in [1.29, 1.82) is 0 Å². The molecule has 0 heterocycles. The Kier molecular flexibility index (Phi) is 3.99. The first-order valence-corrected chi connectivity index (χ1v) is 6.84. The minimum absolute atomic E-state index is 0.178. The number of aromatic carboxylic acids is 1. The smallest absolute Gasteiger partial charge is 0.335 e. The number of nitrogen functional groups attached to an aromatic ring is 1. The molecule has 0 fully saturated rings. The number of nitrogens with two attached hydrogens (primary N) is 1. The zero-order valence-electron chi connectivity index (χ0n) is 11.2. The molecule has 4 N–H and O–H groups in total. The first-order valence-electron chi connectivity index (χ1n) is 6.05. The van der Waals surface area contributed by atoms with Gasteiger partial charge in [0, 0.05) is 10.2 Å². The number of rotatable bonds is 3. The number of halogens is 1. The molecule has 4 nitrogen and oxygen atoms in total. The first-order chi connectivity index (χ1) is 9.38. The maximum Gasteiger partial charge on any atom is 0.335 e. The molecule has 0 aliphatic carbocycles. The van der Waals surface area contributed by atoms with Crippen molar-refractivity contribution in [2.75, 3.05) is 11.1 Å². The molecule has 5 heteroatoms. The number of carbonyl (C=O) groups is 1. The van der Waals surface area contributed by atoms with Gasteiger partial charge in [-0.2, -0.15) is 0 Å². The van der Waals surface area contributed by atoms with Crippen molar-refractivity contribution in [1.82, 2.24) is 0 Å². The van der Waals surface area contributed by atoms with E-state index in [0.717, 1.165) is 21.3 Å². The van der Waals surface area contributed by atoms with Crippen LogP contribution in [0, 0.1) is 13.8 Å². The highest BCUT2D eigenvalue weighted by atomic mass is 79.9. The zero-order chi connectivity index (χ0) is 14.9. The summed E-state index contributed by atoms with van der Waals surface area (Å²) in [5.41, 5.74) is 10.3. The van der Waals surface area contributed by atoms with Crippen LogP contribution in [0.2, 0.25) is 0 Å². The van der Waals surface area contributed by atoms with Crippen LogP contribution in [0.25, 0.3) is 0 Å². The van der Waals surface area contributed by atoms with E-state index in [0.29, 0.717) is 11.4 Å². The summed E-state index contributed by atoms with van der Waals surface area (Å²) in [6, 6.07) is 8.69. The number of carboxylic acid groups (broad SMARTS) is 1. The molecule has 0 saturated carbocycles. The molecule has 0 radical (unpaired) electrons. The van der Waals surface area contributed by atoms with Crippen molar-refractivity contribution in [3.8, 4) is 0 Å². The van der Waals surface area contributed by atoms with Gasteiger partial charge < -0.3 is 16.2 Å². The number of benzene rings is 2. The van der Waals surface area contributed by atoms with Crippen LogP contribution < -0.4 is 11.1 Å². The van der Waals surface area contributed by atoms with E-state index in [1.807, 2.05) is 26.0 Å². The topological polar surface area (TPSA) is 75.3 Å². The summed E-state index contributed by atoms with van der Waals surface area (Å²) in [6.07, 6.45) is 0. The maximum absolute atomic E-state index is 10.9. The molecule has 0 saturated heterocycles. The number of anilines is 3. The number of hydrogen-bond donors (Lipinski definition) is 3. The summed E-state index contributed by atoms with van der Waals surface area (Å²) >= 11 is 3.45. The van der Waals surface area contributed by atoms with Crippen LogP contribution in [0.3, 0.4) is 0 Å². The largest absolute Gasteiger partial charge is 0.478 e. The lowest BCUT2D eigenvalue weighted by Gasteiger charge is -2.15. The van der Waals surface area contributed by atoms with E-state index in [2.05, 4.69) is 21.2 Å². The Labute approximate surface area is 125 Å². The fourth-order valence-electron chi connectivity index (χ4n) is 2.05. The monoisotopic (exact) mass is 334 g/mol. The number of nitrogens with one attached hydrogen (secondary N) is 1. The number of aryl methyl sites for hydroxylation is 2. The predicted molar refractivity (Wildman–Crippen MR) is 84.7 cm³/mol. The van der Waals surface area contributed by atoms with E-state index in [1.54, 1.807) is 6.07 Å². The van der Waals surface area contributed by atoms with E-state index in [4.69, 9.17) is 10.8 Å². The third kappa shape index (κ3) is 2.93. The van der Waals surface area contributed by atoms with Gasteiger partial charge in [0.25, 0.3) is 0 Å². The zero-order valence-corrected chi connectivity index (χ0v) is 12.8. The van der Waals surface area contributed by atoms with Crippen LogP contribution in [0.15, 0.2) is 34.8 Å². The lowest BCUT2D eigenvalue weighted by molar-refractivity contribution is 0.0697. The average Bonchev–Trinajstić information content (AvgIpc) is 2.34. The highest BCUT2D eigenvalue weighted by Gasteiger charge is 2.09. The van der Waals surface area contributed by atoms with Crippen LogP contribution >= 0.6 is 15.9 Å². The highest BCUT2D eigenvalue weighted by Crippen LogP contribution is 2.30. The molecule has 0 atom stereocenters. The Hall–Kier alpha value is -2.01. The lowest BCUT2D eigenvalue weighted by atomic mass is 10.1. The molecule has 0 amide bonds. The molecule has 0 aliphatic rings. The minimum Gasteiger partial charge on any atom is -0.478 e. The predicted octanol–water partition coefficient (Wildman–Crippen LogP) is 4.09. The second-order valence-corrected chi connectivity index (χ2v) is 5.56. The molecule has 0 bridgehead atoms. The molecule has 0 unspecified atom stereocenters. The van der Waals surface area contributed by atoms with Gasteiger partial charge in [0.15, 0.2) is 0 Å². The number of hydrogen-bond acceptors (Lipinski definition) is 3. The van der Waals surface area contributed by atoms with Crippen molar-refractivity contribution in [3.05, 3.63) is 51.5 Å². The molecule has 0 aliphatic heterocycles. The van der Waals surface area contributed by atoms with Crippen LogP contribution in [-0.4, -0.2) is 11.1 Å². The minimum atomic E-state index is -0.987. The van der Waals surface area contributed by atoms with Crippen LogP contribution in [0.5, 0.6) is 0 Å². The molecule has 104 valence electrons. The van der Waals surface area contributed by atoms with Gasteiger partial charge >= 0.3 is 5.97 Å².